The molecule has 6 nitrogen and oxygen atoms in total. The number of rotatable bonds is 7. The molecule has 1 amide bonds. The molecule has 3 aromatic rings. The van der Waals surface area contributed by atoms with Crippen LogP contribution in [0.15, 0.2) is 85.4 Å². The van der Waals surface area contributed by atoms with Crippen LogP contribution in [0, 0.1) is 0 Å². The zero-order valence-electron chi connectivity index (χ0n) is 19.4. The van der Waals surface area contributed by atoms with Crippen LogP contribution in [0.2, 0.25) is 0 Å². The highest BCUT2D eigenvalue weighted by Gasteiger charge is 2.35. The number of ether oxygens (including phenoxy) is 1. The molecule has 1 unspecified atom stereocenters. The van der Waals surface area contributed by atoms with Crippen LogP contribution in [0.1, 0.15) is 27.5 Å². The second kappa shape index (κ2) is 10.8. The summed E-state index contributed by atoms with van der Waals surface area (Å²) in [5, 5.41) is 2.95. The molecule has 0 radical (unpaired) electrons. The third-order valence-corrected chi connectivity index (χ3v) is 6.28. The molecule has 0 aromatic heterocycles. The van der Waals surface area contributed by atoms with Crippen LogP contribution >= 0.6 is 0 Å². The first kappa shape index (κ1) is 23.3. The van der Waals surface area contributed by atoms with E-state index in [4.69, 9.17) is 4.74 Å². The van der Waals surface area contributed by atoms with E-state index in [0.717, 1.165) is 48.7 Å². The number of carbonyl (C=O) groups excluding carboxylic acids is 2. The molecule has 1 heterocycles. The van der Waals surface area contributed by atoms with Crippen molar-refractivity contribution < 1.29 is 19.2 Å². The van der Waals surface area contributed by atoms with Crippen LogP contribution < -0.4 is 15.1 Å². The van der Waals surface area contributed by atoms with Crippen molar-refractivity contribution in [3.8, 4) is 0 Å². The number of anilines is 2. The Kier molecular flexibility index (Phi) is 7.40. The zero-order chi connectivity index (χ0) is 23.9. The molecule has 2 N–H and O–H groups in total. The van der Waals surface area contributed by atoms with Crippen molar-refractivity contribution in [2.45, 2.75) is 6.04 Å². The van der Waals surface area contributed by atoms with E-state index in [1.807, 2.05) is 66.7 Å². The lowest BCUT2D eigenvalue weighted by molar-refractivity contribution is -0.923. The van der Waals surface area contributed by atoms with Gasteiger partial charge in [0.15, 0.2) is 0 Å². The van der Waals surface area contributed by atoms with Crippen molar-refractivity contribution in [2.24, 2.45) is 0 Å². The van der Waals surface area contributed by atoms with E-state index in [0.29, 0.717) is 5.56 Å². The number of nitrogens with zero attached hydrogens (tertiary/aromatic N) is 1. The number of methoxy groups -OCH3 is 1. The number of hydrogen-bond donors (Lipinski definition) is 2. The van der Waals surface area contributed by atoms with Gasteiger partial charge in [-0.15, -0.1) is 0 Å². The molecule has 1 saturated heterocycles. The van der Waals surface area contributed by atoms with Crippen molar-refractivity contribution in [1.29, 1.82) is 0 Å². The van der Waals surface area contributed by atoms with Gasteiger partial charge in [-0.2, -0.15) is 0 Å². The number of carbonyl (C=O) groups is 2. The molecule has 4 rings (SSSR count). The molecule has 0 spiro atoms. The van der Waals surface area contributed by atoms with Gasteiger partial charge in [-0.25, -0.2) is 4.79 Å². The molecule has 6 heteroatoms. The Morgan fingerprint density at radius 1 is 0.971 bits per heavy atom. The van der Waals surface area contributed by atoms with Gasteiger partial charge in [0.2, 0.25) is 6.04 Å². The average molecular weight is 457 g/mol. The lowest BCUT2D eigenvalue weighted by Gasteiger charge is -2.36. The van der Waals surface area contributed by atoms with E-state index in [1.165, 1.54) is 12.0 Å². The molecule has 34 heavy (non-hydrogen) atoms. The van der Waals surface area contributed by atoms with E-state index < -0.39 is 0 Å². The summed E-state index contributed by atoms with van der Waals surface area (Å²) < 4.78 is 5.11. The summed E-state index contributed by atoms with van der Waals surface area (Å²) >= 11 is 0. The second-order valence-corrected chi connectivity index (χ2v) is 8.34. The van der Waals surface area contributed by atoms with Crippen LogP contribution in [-0.2, 0) is 9.53 Å². The van der Waals surface area contributed by atoms with Gasteiger partial charge in [-0.3, -0.25) is 4.79 Å². The van der Waals surface area contributed by atoms with Gasteiger partial charge >= 0.3 is 5.97 Å². The predicted molar refractivity (Wildman–Crippen MR) is 135 cm³/mol. The molecule has 1 aliphatic rings. The highest BCUT2D eigenvalue weighted by molar-refractivity contribution is 6.04. The smallest absolute Gasteiger partial charge is 0.369 e. The Morgan fingerprint density at radius 2 is 1.62 bits per heavy atom. The monoisotopic (exact) mass is 456 g/mol. The summed E-state index contributed by atoms with van der Waals surface area (Å²) in [4.78, 5) is 28.6. The van der Waals surface area contributed by atoms with Gasteiger partial charge in [0.1, 0.15) is 0 Å². The Bertz CT molecular complexity index is 1120. The van der Waals surface area contributed by atoms with E-state index in [2.05, 4.69) is 16.8 Å². The Hall–Kier alpha value is -3.90. The summed E-state index contributed by atoms with van der Waals surface area (Å²) in [7, 11) is 1.45. The number of amides is 1. The third kappa shape index (κ3) is 5.35. The molecular formula is C28H30N3O3+. The quantitative estimate of drug-likeness (QED) is 0.536. The predicted octanol–water partition coefficient (Wildman–Crippen LogP) is 3.20. The summed E-state index contributed by atoms with van der Waals surface area (Å²) in [6.07, 6.45) is 1.75. The van der Waals surface area contributed by atoms with Crippen LogP contribution in [-0.4, -0.2) is 45.2 Å². The third-order valence-electron chi connectivity index (χ3n) is 6.28. The summed E-state index contributed by atoms with van der Waals surface area (Å²) in [6, 6.07) is 24.7. The van der Waals surface area contributed by atoms with Gasteiger partial charge in [-0.1, -0.05) is 55.1 Å². The fourth-order valence-electron chi connectivity index (χ4n) is 4.37. The number of piperazine rings is 1. The molecule has 0 bridgehead atoms. The minimum absolute atomic E-state index is 0.143. The highest BCUT2D eigenvalue weighted by atomic mass is 16.5. The van der Waals surface area contributed by atoms with Crippen molar-refractivity contribution in [3.05, 3.63) is 102 Å². The van der Waals surface area contributed by atoms with Crippen molar-refractivity contribution in [1.82, 2.24) is 0 Å². The van der Waals surface area contributed by atoms with Crippen molar-refractivity contribution in [3.63, 3.8) is 0 Å². The molecular weight excluding hydrogens is 426 g/mol. The molecule has 3 aromatic carbocycles. The Balaban J connectivity index is 1.36. The summed E-state index contributed by atoms with van der Waals surface area (Å²) in [5.41, 5.74) is 4.41. The van der Waals surface area contributed by atoms with Crippen molar-refractivity contribution in [2.75, 3.05) is 43.5 Å². The van der Waals surface area contributed by atoms with Gasteiger partial charge in [0, 0.05) is 22.5 Å². The maximum absolute atomic E-state index is 12.5. The van der Waals surface area contributed by atoms with Crippen molar-refractivity contribution >= 4 is 29.3 Å². The average Bonchev–Trinajstić information content (AvgIpc) is 2.90. The number of benzene rings is 3. The first-order chi connectivity index (χ1) is 16.6. The largest absolute Gasteiger partial charge is 0.464 e. The summed E-state index contributed by atoms with van der Waals surface area (Å²) in [6.45, 7) is 7.05. The second-order valence-electron chi connectivity index (χ2n) is 8.34. The minimum Gasteiger partial charge on any atom is -0.464 e. The maximum Gasteiger partial charge on any atom is 0.369 e. The van der Waals surface area contributed by atoms with Crippen LogP contribution in [0.5, 0.6) is 0 Å². The van der Waals surface area contributed by atoms with Crippen LogP contribution in [0.3, 0.4) is 0 Å². The van der Waals surface area contributed by atoms with Gasteiger partial charge < -0.3 is 19.9 Å². The molecule has 1 atom stereocenters. The van der Waals surface area contributed by atoms with E-state index in [1.54, 1.807) is 18.2 Å². The zero-order valence-corrected chi connectivity index (χ0v) is 19.4. The van der Waals surface area contributed by atoms with Gasteiger partial charge in [-0.05, 0) is 42.0 Å². The van der Waals surface area contributed by atoms with Crippen LogP contribution in [0.4, 0.5) is 11.4 Å². The topological polar surface area (TPSA) is 63.1 Å². The Morgan fingerprint density at radius 3 is 2.21 bits per heavy atom. The fourth-order valence-corrected chi connectivity index (χ4v) is 4.37. The summed E-state index contributed by atoms with van der Waals surface area (Å²) in [5.74, 6) is -0.343. The van der Waals surface area contributed by atoms with E-state index in [9.17, 15) is 9.59 Å². The van der Waals surface area contributed by atoms with E-state index >= 15 is 0 Å². The minimum atomic E-state index is -0.313. The Labute approximate surface area is 200 Å². The highest BCUT2D eigenvalue weighted by Crippen LogP contribution is 2.20. The molecule has 0 saturated carbocycles. The fraction of sp³-hybridized carbons (Fsp3) is 0.214. The number of esters is 1. The maximum atomic E-state index is 12.5. The van der Waals surface area contributed by atoms with Crippen LogP contribution in [0.25, 0.3) is 6.08 Å². The van der Waals surface area contributed by atoms with Gasteiger partial charge in [0.25, 0.3) is 5.91 Å². The molecule has 0 aliphatic carbocycles. The lowest BCUT2D eigenvalue weighted by atomic mass is 10.0. The molecule has 1 aliphatic heterocycles. The molecule has 1 fully saturated rings. The first-order valence-electron chi connectivity index (χ1n) is 11.5. The van der Waals surface area contributed by atoms with Gasteiger partial charge in [0.05, 0.1) is 33.3 Å². The number of quaternary nitrogens is 1. The normalized spacial score (nSPS) is 14.8. The standard InChI is InChI=1S/C28H29N3O3/c1-3-21-9-11-23(12-10-21)27(32)29-24-13-15-25(16-14-24)30-17-19-31(20-18-30)26(28(33)34-2)22-7-5-4-6-8-22/h3-16,26H,1,17-20H2,2H3,(H,29,32)/p+1. The first-order valence-corrected chi connectivity index (χ1v) is 11.5. The van der Waals surface area contributed by atoms with E-state index in [-0.39, 0.29) is 17.9 Å². The SMILES string of the molecule is C=Cc1ccc(C(=O)Nc2ccc(N3CC[NH+](C(C(=O)OC)c4ccccc4)CC3)cc2)cc1. The number of nitrogens with one attached hydrogen (secondary N) is 2. The molecule has 174 valence electrons. The lowest BCUT2D eigenvalue weighted by Crippen LogP contribution is -3.16. The number of hydrogen-bond acceptors (Lipinski definition) is 4.